The minimum atomic E-state index is -4.69. The number of aromatic nitrogens is 5. The van der Waals surface area contributed by atoms with Crippen LogP contribution in [-0.4, -0.2) is 62.9 Å². The molecular weight excluding hydrogens is 611 g/mol. The molecule has 0 radical (unpaired) electrons. The van der Waals surface area contributed by atoms with E-state index in [2.05, 4.69) is 15.4 Å². The Balaban J connectivity index is 1.50. The third-order valence-electron chi connectivity index (χ3n) is 8.30. The minimum absolute atomic E-state index is 0.0769. The second kappa shape index (κ2) is 12.6. The van der Waals surface area contributed by atoms with Gasteiger partial charge in [0.15, 0.2) is 5.69 Å². The Morgan fingerprint density at radius 2 is 1.87 bits per heavy atom. The number of nitrogens with one attached hydrogen (secondary N) is 1. The van der Waals surface area contributed by atoms with Gasteiger partial charge in [-0.2, -0.15) is 18.3 Å². The van der Waals surface area contributed by atoms with Gasteiger partial charge >= 0.3 is 6.18 Å². The number of alkyl halides is 3. The third kappa shape index (κ3) is 6.22. The Morgan fingerprint density at radius 3 is 2.57 bits per heavy atom. The van der Waals surface area contributed by atoms with Crippen LogP contribution in [0.25, 0.3) is 22.0 Å². The van der Waals surface area contributed by atoms with Crippen molar-refractivity contribution in [2.45, 2.75) is 39.4 Å². The molecule has 0 saturated carbocycles. The van der Waals surface area contributed by atoms with E-state index in [0.29, 0.717) is 82.6 Å². The Labute approximate surface area is 269 Å². The third-order valence-corrected chi connectivity index (χ3v) is 8.30. The van der Waals surface area contributed by atoms with Gasteiger partial charge in [0.2, 0.25) is 0 Å². The highest BCUT2D eigenvalue weighted by Crippen LogP contribution is 2.41. The molecule has 5 aromatic rings. The molecule has 1 aliphatic heterocycles. The number of carbonyl (C=O) groups is 2. The number of pyridine rings is 1. The molecule has 47 heavy (non-hydrogen) atoms. The van der Waals surface area contributed by atoms with Gasteiger partial charge in [0.1, 0.15) is 0 Å². The Hall–Kier alpha value is -5.04. The molecule has 244 valence electrons. The number of hydrogen-bond acceptors (Lipinski definition) is 6. The summed E-state index contributed by atoms with van der Waals surface area (Å²) in [6.45, 7) is 4.97. The van der Waals surface area contributed by atoms with Crippen LogP contribution in [-0.2, 0) is 37.3 Å². The summed E-state index contributed by atoms with van der Waals surface area (Å²) in [5, 5.41) is 7.25. The van der Waals surface area contributed by atoms with Crippen molar-refractivity contribution in [3.05, 3.63) is 94.5 Å². The maximum Gasteiger partial charge on any atom is 0.435 e. The smallest absolute Gasteiger partial charge is 0.383 e. The van der Waals surface area contributed by atoms with Crippen LogP contribution < -0.4 is 10.2 Å². The fourth-order valence-electron chi connectivity index (χ4n) is 6.17. The summed E-state index contributed by atoms with van der Waals surface area (Å²) in [4.78, 5) is 38.2. The lowest BCUT2D eigenvalue weighted by atomic mass is 9.87. The predicted octanol–water partition coefficient (Wildman–Crippen LogP) is 5.35. The average Bonchev–Trinajstić information content (AvgIpc) is 3.70. The molecule has 6 rings (SSSR count). The van der Waals surface area contributed by atoms with Gasteiger partial charge in [0, 0.05) is 74.6 Å². The number of rotatable bonds is 9. The zero-order valence-electron chi connectivity index (χ0n) is 26.5. The van der Waals surface area contributed by atoms with Crippen molar-refractivity contribution >= 4 is 28.4 Å². The van der Waals surface area contributed by atoms with E-state index in [1.807, 2.05) is 25.1 Å². The summed E-state index contributed by atoms with van der Waals surface area (Å²) in [7, 11) is 3.00. The average molecular weight is 646 g/mol. The summed E-state index contributed by atoms with van der Waals surface area (Å²) in [6.07, 6.45) is 2.58. The number of ether oxygens (including phenoxy) is 1. The fourth-order valence-corrected chi connectivity index (χ4v) is 6.17. The van der Waals surface area contributed by atoms with E-state index in [0.717, 1.165) is 10.2 Å². The first kappa shape index (κ1) is 31.9. The van der Waals surface area contributed by atoms with Crippen LogP contribution >= 0.6 is 0 Å². The van der Waals surface area contributed by atoms with Crippen molar-refractivity contribution in [2.24, 2.45) is 7.05 Å². The van der Waals surface area contributed by atoms with E-state index >= 15 is 0 Å². The lowest BCUT2D eigenvalue weighted by Crippen LogP contribution is -2.38. The Morgan fingerprint density at radius 1 is 1.09 bits per heavy atom. The molecule has 1 aliphatic rings. The van der Waals surface area contributed by atoms with Gasteiger partial charge < -0.3 is 19.5 Å². The van der Waals surface area contributed by atoms with E-state index in [-0.39, 0.29) is 23.9 Å². The zero-order chi connectivity index (χ0) is 33.5. The molecule has 2 aromatic carbocycles. The van der Waals surface area contributed by atoms with Gasteiger partial charge in [0.05, 0.1) is 29.7 Å². The number of carbonyl (C=O) groups excluding carboxylic acids is 2. The Kier molecular flexibility index (Phi) is 8.58. The van der Waals surface area contributed by atoms with Crippen LogP contribution in [0, 0.1) is 6.92 Å². The van der Waals surface area contributed by atoms with Crippen LogP contribution in [0.4, 0.5) is 18.9 Å². The lowest BCUT2D eigenvalue weighted by Gasteiger charge is -2.32. The van der Waals surface area contributed by atoms with Crippen molar-refractivity contribution in [2.75, 3.05) is 31.7 Å². The number of fused-ring (bicyclic) bond motifs is 2. The zero-order valence-corrected chi connectivity index (χ0v) is 26.5. The molecule has 0 saturated heterocycles. The monoisotopic (exact) mass is 645 g/mol. The topological polar surface area (TPSA) is 107 Å². The van der Waals surface area contributed by atoms with Crippen LogP contribution in [0.2, 0.25) is 0 Å². The van der Waals surface area contributed by atoms with E-state index in [1.165, 1.54) is 13.2 Å². The highest BCUT2D eigenvalue weighted by Gasteiger charge is 2.39. The number of halogens is 3. The van der Waals surface area contributed by atoms with Crippen molar-refractivity contribution in [1.82, 2.24) is 29.6 Å². The van der Waals surface area contributed by atoms with E-state index in [1.54, 1.807) is 54.4 Å². The van der Waals surface area contributed by atoms with Crippen molar-refractivity contribution in [3.63, 3.8) is 0 Å². The molecule has 0 aliphatic carbocycles. The molecule has 10 nitrogen and oxygen atoms in total. The number of methoxy groups -OCH3 is 1. The van der Waals surface area contributed by atoms with Crippen LogP contribution in [0.15, 0.2) is 55.2 Å². The molecule has 0 spiro atoms. The number of hydrogen-bond donors (Lipinski definition) is 1. The summed E-state index contributed by atoms with van der Waals surface area (Å²) in [6, 6.07) is 9.03. The molecule has 3 aromatic heterocycles. The number of nitrogens with zero attached hydrogens (tertiary/aromatic N) is 6. The van der Waals surface area contributed by atoms with Gasteiger partial charge in [-0.05, 0) is 72.4 Å². The number of aryl methyl sites for hydroxylation is 3. The predicted molar refractivity (Wildman–Crippen MR) is 170 cm³/mol. The molecule has 2 amide bonds. The SMILES string of the molecule is CCc1cc(C(=O)NCCOC)c2nc(C)cc(N3CCc4c(cc(Cn5ccnc5)cc4-c4cn(C)nc4C(F)(F)F)C3=O)c2c1. The van der Waals surface area contributed by atoms with E-state index in [9.17, 15) is 22.8 Å². The fraction of sp³-hybridized carbons (Fsp3) is 0.324. The summed E-state index contributed by atoms with van der Waals surface area (Å²) < 4.78 is 50.5. The van der Waals surface area contributed by atoms with Crippen LogP contribution in [0.1, 0.15) is 55.7 Å². The van der Waals surface area contributed by atoms with Crippen molar-refractivity contribution in [3.8, 4) is 11.1 Å². The molecular formula is C34H34F3N7O3. The highest BCUT2D eigenvalue weighted by molar-refractivity contribution is 6.15. The first-order chi connectivity index (χ1) is 22.5. The van der Waals surface area contributed by atoms with Gasteiger partial charge in [-0.25, -0.2) is 4.98 Å². The summed E-state index contributed by atoms with van der Waals surface area (Å²) in [5.41, 5.74) is 3.68. The number of imidazole rings is 1. The molecule has 0 bridgehead atoms. The second-order valence-electron chi connectivity index (χ2n) is 11.6. The number of anilines is 1. The van der Waals surface area contributed by atoms with Crippen molar-refractivity contribution < 1.29 is 27.5 Å². The van der Waals surface area contributed by atoms with Crippen LogP contribution in [0.3, 0.4) is 0 Å². The maximum absolute atomic E-state index is 14.5. The standard InChI is InChI=1S/C34H34F3N7O3/c1-5-21-13-26-29(12-20(2)40-30(26)27(14-21)32(45)39-8-11-47-4)44-9-6-23-24(28-18-42(3)41-31(28)34(35,36)37)15-22(16-25(23)33(44)46)17-43-10-7-38-19-43/h7,10,12-16,18-19H,5-6,8-9,11,17H2,1-4H3,(H,39,45). The van der Waals surface area contributed by atoms with Gasteiger partial charge in [-0.3, -0.25) is 19.3 Å². The summed E-state index contributed by atoms with van der Waals surface area (Å²) in [5.74, 6) is -0.648. The first-order valence-corrected chi connectivity index (χ1v) is 15.2. The van der Waals surface area contributed by atoms with Gasteiger partial charge in [-0.15, -0.1) is 0 Å². The quantitative estimate of drug-likeness (QED) is 0.217. The van der Waals surface area contributed by atoms with E-state index < -0.39 is 11.9 Å². The lowest BCUT2D eigenvalue weighted by molar-refractivity contribution is -0.141. The number of benzene rings is 2. The molecule has 1 N–H and O–H groups in total. The molecule has 13 heteroatoms. The molecule has 0 unspecified atom stereocenters. The van der Waals surface area contributed by atoms with E-state index in [4.69, 9.17) is 9.72 Å². The largest absolute Gasteiger partial charge is 0.435 e. The van der Waals surface area contributed by atoms with Gasteiger partial charge in [-0.1, -0.05) is 6.92 Å². The molecule has 0 fully saturated rings. The van der Waals surface area contributed by atoms with Crippen molar-refractivity contribution in [1.29, 1.82) is 0 Å². The normalized spacial score (nSPS) is 13.3. The maximum atomic E-state index is 14.5. The molecule has 4 heterocycles. The van der Waals surface area contributed by atoms with Gasteiger partial charge in [0.25, 0.3) is 11.8 Å². The first-order valence-electron chi connectivity index (χ1n) is 15.2. The highest BCUT2D eigenvalue weighted by atomic mass is 19.4. The summed E-state index contributed by atoms with van der Waals surface area (Å²) >= 11 is 0. The van der Waals surface area contributed by atoms with Crippen LogP contribution in [0.5, 0.6) is 0 Å². The molecule has 0 atom stereocenters. The number of amides is 2. The minimum Gasteiger partial charge on any atom is -0.383 e. The second-order valence-corrected chi connectivity index (χ2v) is 11.6. The Bertz CT molecular complexity index is 1980.